The number of ketones is 2. The van der Waals surface area contributed by atoms with E-state index in [1.165, 1.54) is 0 Å². The van der Waals surface area contributed by atoms with Crippen LogP contribution in [0, 0.1) is 3.57 Å². The Balaban J connectivity index is 1.66. The van der Waals surface area contributed by atoms with Gasteiger partial charge in [-0.1, -0.05) is 54.1 Å². The third-order valence-corrected chi connectivity index (χ3v) is 6.05. The molecule has 1 aliphatic rings. The molecule has 31 heavy (non-hydrogen) atoms. The Hall–Kier alpha value is -2.64. The van der Waals surface area contributed by atoms with E-state index < -0.39 is 0 Å². The maximum Gasteiger partial charge on any atom is 0.197 e. The summed E-state index contributed by atoms with van der Waals surface area (Å²) in [6.07, 6.45) is 1.62. The lowest BCUT2D eigenvalue weighted by Crippen LogP contribution is -2.03. The number of carbonyl (C=O) groups is 2. The monoisotopic (exact) mass is 544 g/mol. The Morgan fingerprint density at radius 3 is 2.23 bits per heavy atom. The zero-order chi connectivity index (χ0) is 22.0. The van der Waals surface area contributed by atoms with Crippen molar-refractivity contribution < 1.29 is 19.1 Å². The average Bonchev–Trinajstić information content (AvgIpc) is 3.00. The molecule has 1 aliphatic carbocycles. The molecule has 0 saturated carbocycles. The van der Waals surface area contributed by atoms with E-state index in [0.29, 0.717) is 46.4 Å². The number of rotatable bonds is 6. The van der Waals surface area contributed by atoms with Gasteiger partial charge in [0.25, 0.3) is 0 Å². The molecule has 0 saturated heterocycles. The van der Waals surface area contributed by atoms with Crippen LogP contribution in [-0.2, 0) is 6.61 Å². The number of carbonyl (C=O) groups excluding carboxylic acids is 2. The molecule has 156 valence electrons. The van der Waals surface area contributed by atoms with Gasteiger partial charge in [-0.05, 0) is 59.4 Å². The minimum atomic E-state index is -0.257. The fourth-order valence-electron chi connectivity index (χ4n) is 3.41. The topological polar surface area (TPSA) is 52.6 Å². The molecule has 0 amide bonds. The van der Waals surface area contributed by atoms with Crippen LogP contribution in [-0.4, -0.2) is 18.2 Å². The fourth-order valence-corrected chi connectivity index (χ4v) is 4.38. The summed E-state index contributed by atoms with van der Waals surface area (Å²) in [5, 5.41) is 0.634. The van der Waals surface area contributed by atoms with Crippen LogP contribution in [0.25, 0.3) is 6.08 Å². The van der Waals surface area contributed by atoms with Crippen LogP contribution in [0.15, 0.2) is 66.2 Å². The van der Waals surface area contributed by atoms with E-state index in [0.717, 1.165) is 9.13 Å². The van der Waals surface area contributed by atoms with Crippen LogP contribution in [0.1, 0.15) is 38.8 Å². The molecule has 6 heteroatoms. The first-order valence-electron chi connectivity index (χ1n) is 9.72. The standard InChI is InChI=1S/C25H18ClIO4/c1-2-30-22-13-15(11-19-23(28)17-8-4-5-9-18(17)24(19)29)12-21(27)25(22)31-14-16-7-3-6-10-20(16)26/h3-13H,2,14H2,1H3. The summed E-state index contributed by atoms with van der Waals surface area (Å²) in [5.41, 5.74) is 2.61. The highest BCUT2D eigenvalue weighted by Gasteiger charge is 2.32. The summed E-state index contributed by atoms with van der Waals surface area (Å²) < 4.78 is 12.6. The highest BCUT2D eigenvalue weighted by molar-refractivity contribution is 14.1. The minimum Gasteiger partial charge on any atom is -0.490 e. The number of benzene rings is 3. The van der Waals surface area contributed by atoms with Crippen LogP contribution in [0.5, 0.6) is 11.5 Å². The van der Waals surface area contributed by atoms with Gasteiger partial charge in [-0.15, -0.1) is 0 Å². The Morgan fingerprint density at radius 1 is 0.935 bits per heavy atom. The largest absolute Gasteiger partial charge is 0.490 e. The number of ether oxygens (including phenoxy) is 2. The minimum absolute atomic E-state index is 0.157. The lowest BCUT2D eigenvalue weighted by atomic mass is 10.1. The molecule has 0 bridgehead atoms. The van der Waals surface area contributed by atoms with Gasteiger partial charge in [0, 0.05) is 21.7 Å². The molecule has 4 nitrogen and oxygen atoms in total. The summed E-state index contributed by atoms with van der Waals surface area (Å²) in [6.45, 7) is 2.63. The van der Waals surface area contributed by atoms with Gasteiger partial charge in [-0.3, -0.25) is 9.59 Å². The van der Waals surface area contributed by atoms with Crippen molar-refractivity contribution in [3.05, 3.63) is 97.1 Å². The first kappa shape index (κ1) is 21.6. The zero-order valence-corrected chi connectivity index (χ0v) is 19.6. The van der Waals surface area contributed by atoms with E-state index in [2.05, 4.69) is 22.6 Å². The van der Waals surface area contributed by atoms with Crippen molar-refractivity contribution in [1.29, 1.82) is 0 Å². The van der Waals surface area contributed by atoms with Crippen LogP contribution in [0.3, 0.4) is 0 Å². The second kappa shape index (κ2) is 9.24. The van der Waals surface area contributed by atoms with Crippen LogP contribution < -0.4 is 9.47 Å². The molecule has 0 fully saturated rings. The maximum absolute atomic E-state index is 12.7. The lowest BCUT2D eigenvalue weighted by Gasteiger charge is -2.15. The van der Waals surface area contributed by atoms with Crippen molar-refractivity contribution in [1.82, 2.24) is 0 Å². The molecule has 0 radical (unpaired) electrons. The second-order valence-electron chi connectivity index (χ2n) is 6.90. The van der Waals surface area contributed by atoms with Crippen LogP contribution >= 0.6 is 34.2 Å². The zero-order valence-electron chi connectivity index (χ0n) is 16.7. The number of halogens is 2. The normalized spacial score (nSPS) is 12.7. The maximum atomic E-state index is 12.7. The number of allylic oxidation sites excluding steroid dienone is 1. The summed E-state index contributed by atoms with van der Waals surface area (Å²) in [4.78, 5) is 25.4. The predicted octanol–water partition coefficient (Wildman–Crippen LogP) is 6.38. The predicted molar refractivity (Wildman–Crippen MR) is 129 cm³/mol. The van der Waals surface area contributed by atoms with E-state index in [1.54, 1.807) is 36.4 Å². The van der Waals surface area contributed by atoms with Crippen molar-refractivity contribution in [2.45, 2.75) is 13.5 Å². The molecule has 0 unspecified atom stereocenters. The van der Waals surface area contributed by atoms with E-state index in [-0.39, 0.29) is 17.1 Å². The third-order valence-electron chi connectivity index (χ3n) is 4.88. The molecule has 0 aromatic heterocycles. The highest BCUT2D eigenvalue weighted by atomic mass is 127. The Morgan fingerprint density at radius 2 is 1.58 bits per heavy atom. The smallest absolute Gasteiger partial charge is 0.197 e. The molecule has 3 aromatic rings. The molecule has 0 spiro atoms. The molecule has 3 aromatic carbocycles. The number of hydrogen-bond donors (Lipinski definition) is 0. The van der Waals surface area contributed by atoms with Crippen molar-refractivity contribution in [3.8, 4) is 11.5 Å². The van der Waals surface area contributed by atoms with Gasteiger partial charge >= 0.3 is 0 Å². The fraction of sp³-hybridized carbons (Fsp3) is 0.120. The quantitative estimate of drug-likeness (QED) is 0.205. The van der Waals surface area contributed by atoms with Gasteiger partial charge in [0.05, 0.1) is 15.8 Å². The first-order chi connectivity index (χ1) is 15.0. The number of hydrogen-bond acceptors (Lipinski definition) is 4. The first-order valence-corrected chi connectivity index (χ1v) is 11.2. The van der Waals surface area contributed by atoms with Gasteiger partial charge < -0.3 is 9.47 Å². The summed E-state index contributed by atoms with van der Waals surface area (Å²) in [7, 11) is 0. The molecular formula is C25H18ClIO4. The van der Waals surface area contributed by atoms with Crippen LogP contribution in [0.4, 0.5) is 0 Å². The summed E-state index contributed by atoms with van der Waals surface area (Å²) >= 11 is 8.40. The van der Waals surface area contributed by atoms with Crippen molar-refractivity contribution in [3.63, 3.8) is 0 Å². The van der Waals surface area contributed by atoms with Gasteiger partial charge in [0.1, 0.15) is 6.61 Å². The Kier molecular flexibility index (Phi) is 6.43. The van der Waals surface area contributed by atoms with E-state index >= 15 is 0 Å². The molecule has 0 N–H and O–H groups in total. The summed E-state index contributed by atoms with van der Waals surface area (Å²) in [5.74, 6) is 0.626. The Bertz CT molecular complexity index is 1180. The number of Topliss-reactive ketones (excluding diaryl/α,β-unsaturated/α-hetero) is 2. The van der Waals surface area contributed by atoms with Crippen molar-refractivity contribution in [2.24, 2.45) is 0 Å². The SMILES string of the molecule is CCOc1cc(C=C2C(=O)c3ccccc3C2=O)cc(I)c1OCc1ccccc1Cl. The molecule has 0 atom stereocenters. The highest BCUT2D eigenvalue weighted by Crippen LogP contribution is 2.37. The molecule has 0 heterocycles. The second-order valence-corrected chi connectivity index (χ2v) is 8.47. The van der Waals surface area contributed by atoms with Gasteiger partial charge in [-0.25, -0.2) is 0 Å². The van der Waals surface area contributed by atoms with Crippen molar-refractivity contribution >= 4 is 51.8 Å². The lowest BCUT2D eigenvalue weighted by molar-refractivity contribution is 0.0990. The van der Waals surface area contributed by atoms with E-state index in [4.69, 9.17) is 21.1 Å². The molecule has 4 rings (SSSR count). The van der Waals surface area contributed by atoms with E-state index in [1.807, 2.05) is 37.3 Å². The van der Waals surface area contributed by atoms with Crippen molar-refractivity contribution in [2.75, 3.05) is 6.61 Å². The van der Waals surface area contributed by atoms with E-state index in [9.17, 15) is 9.59 Å². The van der Waals surface area contributed by atoms with Gasteiger partial charge in [-0.2, -0.15) is 0 Å². The molecular weight excluding hydrogens is 527 g/mol. The Labute approximate surface area is 199 Å². The van der Waals surface area contributed by atoms with Gasteiger partial charge in [0.2, 0.25) is 0 Å². The summed E-state index contributed by atoms with van der Waals surface area (Å²) in [6, 6.07) is 18.0. The van der Waals surface area contributed by atoms with Gasteiger partial charge in [0.15, 0.2) is 23.1 Å². The third kappa shape index (κ3) is 4.38. The van der Waals surface area contributed by atoms with Crippen LogP contribution in [0.2, 0.25) is 5.02 Å². The number of fused-ring (bicyclic) bond motifs is 1. The molecule has 0 aliphatic heterocycles. The average molecular weight is 545 g/mol.